The molecule has 1 saturated heterocycles. The molecule has 0 radical (unpaired) electrons. The third-order valence-corrected chi connectivity index (χ3v) is 5.75. The molecule has 0 aromatic heterocycles. The number of ether oxygens (including phenoxy) is 1. The maximum Gasteiger partial charge on any atom is 0.223 e. The van der Waals surface area contributed by atoms with Gasteiger partial charge in [0.05, 0.1) is 12.2 Å². The number of carbonyl (C=O) groups is 1. The Bertz CT molecular complexity index is 624. The first-order valence-electron chi connectivity index (χ1n) is 9.20. The van der Waals surface area contributed by atoms with Gasteiger partial charge in [-0.05, 0) is 51.7 Å². The number of halogens is 1. The van der Waals surface area contributed by atoms with E-state index in [1.165, 1.54) is 0 Å². The molecule has 1 N–H and O–H groups in total. The Hall–Kier alpha value is -1.10. The van der Waals surface area contributed by atoms with Gasteiger partial charge in [0.2, 0.25) is 5.91 Å². The molecule has 4 unspecified atom stereocenters. The van der Waals surface area contributed by atoms with Gasteiger partial charge in [-0.15, -0.1) is 0 Å². The summed E-state index contributed by atoms with van der Waals surface area (Å²) < 4.78 is 5.82. The van der Waals surface area contributed by atoms with Gasteiger partial charge in [0, 0.05) is 36.1 Å². The number of amides is 1. The zero-order valence-electron chi connectivity index (χ0n) is 15.6. The fraction of sp³-hybridized carbons (Fsp3) is 0.650. The van der Waals surface area contributed by atoms with Crippen LogP contribution >= 0.6 is 11.6 Å². The predicted molar refractivity (Wildman–Crippen MR) is 101 cm³/mol. The van der Waals surface area contributed by atoms with E-state index >= 15 is 0 Å². The van der Waals surface area contributed by atoms with E-state index in [-0.39, 0.29) is 35.5 Å². The van der Waals surface area contributed by atoms with Crippen LogP contribution in [0.5, 0.6) is 0 Å². The molecule has 1 aliphatic carbocycles. The molecule has 1 saturated carbocycles. The van der Waals surface area contributed by atoms with E-state index in [1.807, 2.05) is 24.3 Å². The molecular formula is C20H29ClN2O2. The molecule has 0 spiro atoms. The molecular weight excluding hydrogens is 336 g/mol. The molecule has 25 heavy (non-hydrogen) atoms. The minimum absolute atomic E-state index is 0.0539. The van der Waals surface area contributed by atoms with Gasteiger partial charge in [-0.1, -0.05) is 29.8 Å². The van der Waals surface area contributed by atoms with Crippen LogP contribution in [-0.4, -0.2) is 48.2 Å². The summed E-state index contributed by atoms with van der Waals surface area (Å²) in [6.45, 7) is 11.0. The number of nitrogens with zero attached hydrogens (tertiary/aromatic N) is 1. The second-order valence-electron chi connectivity index (χ2n) is 8.16. The lowest BCUT2D eigenvalue weighted by atomic mass is 10.00. The van der Waals surface area contributed by atoms with Crippen molar-refractivity contribution in [3.05, 3.63) is 34.9 Å². The third-order valence-electron chi connectivity index (χ3n) is 5.40. The first kappa shape index (κ1) is 18.7. The Morgan fingerprint density at radius 3 is 2.56 bits per heavy atom. The van der Waals surface area contributed by atoms with Crippen molar-refractivity contribution in [1.82, 2.24) is 10.2 Å². The highest BCUT2D eigenvalue weighted by molar-refractivity contribution is 6.31. The van der Waals surface area contributed by atoms with Crippen molar-refractivity contribution in [2.24, 2.45) is 5.92 Å². The molecule has 2 aliphatic rings. The van der Waals surface area contributed by atoms with Crippen molar-refractivity contribution in [3.8, 4) is 0 Å². The highest BCUT2D eigenvalue weighted by Gasteiger charge is 2.45. The van der Waals surface area contributed by atoms with Crippen molar-refractivity contribution in [2.75, 3.05) is 19.6 Å². The van der Waals surface area contributed by atoms with Crippen LogP contribution in [0.3, 0.4) is 0 Å². The number of hydrogen-bond donors (Lipinski definition) is 1. The Morgan fingerprint density at radius 2 is 1.92 bits per heavy atom. The lowest BCUT2D eigenvalue weighted by Gasteiger charge is -2.45. The number of nitrogens with one attached hydrogen (secondary N) is 1. The molecule has 2 fully saturated rings. The zero-order valence-corrected chi connectivity index (χ0v) is 16.3. The molecule has 4 atom stereocenters. The Labute approximate surface area is 155 Å². The molecule has 138 valence electrons. The minimum atomic E-state index is -0.0866. The summed E-state index contributed by atoms with van der Waals surface area (Å²) in [5.74, 6) is 0.464. The van der Waals surface area contributed by atoms with E-state index in [9.17, 15) is 4.79 Å². The van der Waals surface area contributed by atoms with Crippen molar-refractivity contribution >= 4 is 17.5 Å². The summed E-state index contributed by atoms with van der Waals surface area (Å²) in [5, 5.41) is 3.93. The van der Waals surface area contributed by atoms with Crippen LogP contribution in [0.4, 0.5) is 0 Å². The molecule has 1 aliphatic heterocycles. The van der Waals surface area contributed by atoms with Crippen LogP contribution in [0.25, 0.3) is 0 Å². The monoisotopic (exact) mass is 364 g/mol. The van der Waals surface area contributed by atoms with Crippen LogP contribution < -0.4 is 5.32 Å². The smallest absolute Gasteiger partial charge is 0.223 e. The molecule has 5 heteroatoms. The lowest BCUT2D eigenvalue weighted by Crippen LogP contribution is -2.58. The highest BCUT2D eigenvalue weighted by Crippen LogP contribution is 2.49. The average Bonchev–Trinajstić information content (AvgIpc) is 3.33. The summed E-state index contributed by atoms with van der Waals surface area (Å²) in [4.78, 5) is 15.0. The van der Waals surface area contributed by atoms with Crippen molar-refractivity contribution in [3.63, 3.8) is 0 Å². The van der Waals surface area contributed by atoms with E-state index in [4.69, 9.17) is 16.3 Å². The van der Waals surface area contributed by atoms with Crippen LogP contribution in [-0.2, 0) is 9.53 Å². The zero-order chi connectivity index (χ0) is 18.2. The standard InChI is InChI=1S/C20H29ClN2O2/c1-13-10-23(11-14(2)25-13)20(3,4)12-22-19(24)17-9-16(17)15-7-5-6-8-18(15)21/h5-8,13-14,16-17H,9-12H2,1-4H3,(H,22,24). The molecule has 4 nitrogen and oxygen atoms in total. The van der Waals surface area contributed by atoms with Gasteiger partial charge < -0.3 is 10.1 Å². The first-order chi connectivity index (χ1) is 11.8. The molecule has 0 bridgehead atoms. The fourth-order valence-electron chi connectivity index (χ4n) is 3.82. The number of hydrogen-bond acceptors (Lipinski definition) is 3. The second-order valence-corrected chi connectivity index (χ2v) is 8.57. The molecule has 1 aromatic carbocycles. The Balaban J connectivity index is 1.53. The summed E-state index contributed by atoms with van der Waals surface area (Å²) >= 11 is 6.26. The number of benzene rings is 1. The second kappa shape index (κ2) is 7.26. The van der Waals surface area contributed by atoms with Gasteiger partial charge in [-0.3, -0.25) is 9.69 Å². The van der Waals surface area contributed by atoms with E-state index in [1.54, 1.807) is 0 Å². The van der Waals surface area contributed by atoms with Crippen LogP contribution in [0.2, 0.25) is 5.02 Å². The third kappa shape index (κ3) is 4.36. The topological polar surface area (TPSA) is 41.6 Å². The van der Waals surface area contributed by atoms with Crippen molar-refractivity contribution in [1.29, 1.82) is 0 Å². The van der Waals surface area contributed by atoms with Gasteiger partial charge in [0.15, 0.2) is 0 Å². The van der Waals surface area contributed by atoms with Crippen molar-refractivity contribution < 1.29 is 9.53 Å². The number of morpholine rings is 1. The summed E-state index contributed by atoms with van der Waals surface area (Å²) in [5.41, 5.74) is 1.01. The van der Waals surface area contributed by atoms with Gasteiger partial charge in [-0.25, -0.2) is 0 Å². The average molecular weight is 365 g/mol. The minimum Gasteiger partial charge on any atom is -0.373 e. The van der Waals surface area contributed by atoms with Gasteiger partial charge in [0.1, 0.15) is 0 Å². The summed E-state index contributed by atoms with van der Waals surface area (Å²) in [7, 11) is 0. The highest BCUT2D eigenvalue weighted by atomic mass is 35.5. The van der Waals surface area contributed by atoms with Crippen LogP contribution in [0, 0.1) is 5.92 Å². The van der Waals surface area contributed by atoms with Crippen LogP contribution in [0.15, 0.2) is 24.3 Å². The van der Waals surface area contributed by atoms with Crippen LogP contribution in [0.1, 0.15) is 45.6 Å². The maximum absolute atomic E-state index is 12.6. The largest absolute Gasteiger partial charge is 0.373 e. The Kier molecular flexibility index (Phi) is 5.42. The van der Waals surface area contributed by atoms with E-state index < -0.39 is 0 Å². The SMILES string of the molecule is CC1CN(C(C)(C)CNC(=O)C2CC2c2ccccc2Cl)CC(C)O1. The number of rotatable bonds is 5. The quantitative estimate of drug-likeness (QED) is 0.870. The summed E-state index contributed by atoms with van der Waals surface area (Å²) in [6, 6.07) is 7.84. The molecule has 1 amide bonds. The molecule has 1 aromatic rings. The predicted octanol–water partition coefficient (Wildman–Crippen LogP) is 3.45. The van der Waals surface area contributed by atoms with E-state index in [0.29, 0.717) is 6.54 Å². The van der Waals surface area contributed by atoms with E-state index in [0.717, 1.165) is 30.1 Å². The number of carbonyl (C=O) groups excluding carboxylic acids is 1. The van der Waals surface area contributed by atoms with Gasteiger partial charge >= 0.3 is 0 Å². The maximum atomic E-state index is 12.6. The first-order valence-corrected chi connectivity index (χ1v) is 9.58. The fourth-order valence-corrected chi connectivity index (χ4v) is 4.10. The normalized spacial score (nSPS) is 30.1. The summed E-state index contributed by atoms with van der Waals surface area (Å²) in [6.07, 6.45) is 1.35. The lowest BCUT2D eigenvalue weighted by molar-refractivity contribution is -0.124. The van der Waals surface area contributed by atoms with Gasteiger partial charge in [0.25, 0.3) is 0 Å². The van der Waals surface area contributed by atoms with Gasteiger partial charge in [-0.2, -0.15) is 0 Å². The molecule has 1 heterocycles. The van der Waals surface area contributed by atoms with Crippen molar-refractivity contribution in [2.45, 2.75) is 57.8 Å². The molecule has 3 rings (SSSR count). The Morgan fingerprint density at radius 1 is 1.28 bits per heavy atom. The van der Waals surface area contributed by atoms with E-state index in [2.05, 4.69) is 37.9 Å².